The maximum absolute atomic E-state index is 5.81. The molecule has 0 aliphatic carbocycles. The van der Waals surface area contributed by atoms with Gasteiger partial charge in [0.05, 0.1) is 12.6 Å². The van der Waals surface area contributed by atoms with Gasteiger partial charge < -0.3 is 15.4 Å². The van der Waals surface area contributed by atoms with Crippen LogP contribution in [0.3, 0.4) is 0 Å². The van der Waals surface area contributed by atoms with Gasteiger partial charge in [-0.05, 0) is 55.0 Å². The number of ether oxygens (including phenoxy) is 1. The van der Waals surface area contributed by atoms with Crippen molar-refractivity contribution < 1.29 is 4.74 Å². The number of fused-ring (bicyclic) bond motifs is 2. The standard InChI is InChI=1S/C22H23N5O/c1-2-11-28-18(5-1)14-26-21-19-7-6-17(12-15(19)8-10-24-21)27-22-20-16(13-25-22)4-3-9-23-20/h3-4,6-10,12,18H,1-2,5,11,13-14H2,(H,24,26)(H,25,27). The summed E-state index contributed by atoms with van der Waals surface area (Å²) in [5, 5.41) is 9.13. The van der Waals surface area contributed by atoms with E-state index in [9.17, 15) is 0 Å². The lowest BCUT2D eigenvalue weighted by molar-refractivity contribution is 0.0247. The van der Waals surface area contributed by atoms with Crippen molar-refractivity contribution in [3.63, 3.8) is 0 Å². The zero-order valence-electron chi connectivity index (χ0n) is 15.7. The number of amidine groups is 1. The molecule has 142 valence electrons. The molecule has 0 bridgehead atoms. The monoisotopic (exact) mass is 373 g/mol. The average molecular weight is 373 g/mol. The zero-order chi connectivity index (χ0) is 18.8. The van der Waals surface area contributed by atoms with Crippen molar-refractivity contribution in [1.82, 2.24) is 9.97 Å². The summed E-state index contributed by atoms with van der Waals surface area (Å²) in [6, 6.07) is 12.3. The van der Waals surface area contributed by atoms with Gasteiger partial charge in [0, 0.05) is 42.2 Å². The number of hydrogen-bond donors (Lipinski definition) is 2. The second kappa shape index (κ2) is 7.56. The molecule has 1 atom stereocenters. The lowest BCUT2D eigenvalue weighted by Crippen LogP contribution is -2.27. The largest absolute Gasteiger partial charge is 0.376 e. The van der Waals surface area contributed by atoms with E-state index in [4.69, 9.17) is 4.74 Å². The Morgan fingerprint density at radius 3 is 3.00 bits per heavy atom. The Kier molecular flexibility index (Phi) is 4.62. The van der Waals surface area contributed by atoms with Gasteiger partial charge in [0.25, 0.3) is 0 Å². The van der Waals surface area contributed by atoms with Crippen LogP contribution in [0.25, 0.3) is 10.8 Å². The van der Waals surface area contributed by atoms with Gasteiger partial charge in [0.1, 0.15) is 11.5 Å². The second-order valence-corrected chi connectivity index (χ2v) is 7.27. The van der Waals surface area contributed by atoms with E-state index in [0.717, 1.165) is 58.9 Å². The van der Waals surface area contributed by atoms with E-state index in [2.05, 4.69) is 49.9 Å². The molecule has 28 heavy (non-hydrogen) atoms. The van der Waals surface area contributed by atoms with Crippen molar-refractivity contribution in [3.05, 3.63) is 60.0 Å². The molecule has 2 aliphatic heterocycles. The van der Waals surface area contributed by atoms with Gasteiger partial charge in [-0.3, -0.25) is 9.98 Å². The normalized spacial score (nSPS) is 18.6. The van der Waals surface area contributed by atoms with E-state index in [-0.39, 0.29) is 6.10 Å². The quantitative estimate of drug-likeness (QED) is 0.724. The predicted octanol–water partition coefficient (Wildman–Crippen LogP) is 3.98. The summed E-state index contributed by atoms with van der Waals surface area (Å²) >= 11 is 0. The van der Waals surface area contributed by atoms with Gasteiger partial charge in [-0.1, -0.05) is 6.07 Å². The fraction of sp³-hybridized carbons (Fsp3) is 0.318. The summed E-state index contributed by atoms with van der Waals surface area (Å²) < 4.78 is 5.81. The van der Waals surface area contributed by atoms with Gasteiger partial charge in [-0.2, -0.15) is 0 Å². The SMILES string of the molecule is c1cnc2c(c1)CN=C2Nc1ccc2c(NCC3CCCCO3)nccc2c1. The molecule has 0 spiro atoms. The molecule has 6 heteroatoms. The number of nitrogens with zero attached hydrogens (tertiary/aromatic N) is 3. The molecule has 0 radical (unpaired) electrons. The van der Waals surface area contributed by atoms with Crippen LogP contribution in [0, 0.1) is 0 Å². The van der Waals surface area contributed by atoms with Crippen LogP contribution in [-0.2, 0) is 11.3 Å². The molecule has 3 aromatic rings. The van der Waals surface area contributed by atoms with Crippen LogP contribution in [0.1, 0.15) is 30.5 Å². The summed E-state index contributed by atoms with van der Waals surface area (Å²) in [5.41, 5.74) is 3.09. The summed E-state index contributed by atoms with van der Waals surface area (Å²) in [4.78, 5) is 13.6. The summed E-state index contributed by atoms with van der Waals surface area (Å²) in [6.45, 7) is 2.35. The van der Waals surface area contributed by atoms with Crippen molar-refractivity contribution in [2.45, 2.75) is 31.9 Å². The molecule has 5 rings (SSSR count). The molecule has 6 nitrogen and oxygen atoms in total. The third-order valence-corrected chi connectivity index (χ3v) is 5.32. The third kappa shape index (κ3) is 3.43. The second-order valence-electron chi connectivity index (χ2n) is 7.27. The van der Waals surface area contributed by atoms with Crippen LogP contribution in [0.4, 0.5) is 11.5 Å². The highest BCUT2D eigenvalue weighted by Crippen LogP contribution is 2.26. The average Bonchev–Trinajstić information content (AvgIpc) is 3.16. The maximum Gasteiger partial charge on any atom is 0.152 e. The topological polar surface area (TPSA) is 71.4 Å². The van der Waals surface area contributed by atoms with Gasteiger partial charge in [-0.25, -0.2) is 4.98 Å². The smallest absolute Gasteiger partial charge is 0.152 e. The highest BCUT2D eigenvalue weighted by atomic mass is 16.5. The minimum Gasteiger partial charge on any atom is -0.376 e. The number of aromatic nitrogens is 2. The Bertz CT molecular complexity index is 1030. The molecule has 0 saturated carbocycles. The number of hydrogen-bond acceptors (Lipinski definition) is 6. The highest BCUT2D eigenvalue weighted by molar-refractivity contribution is 6.10. The first-order valence-electron chi connectivity index (χ1n) is 9.87. The molecular weight excluding hydrogens is 350 g/mol. The first-order valence-corrected chi connectivity index (χ1v) is 9.87. The lowest BCUT2D eigenvalue weighted by atomic mass is 10.1. The van der Waals surface area contributed by atoms with E-state index in [1.807, 2.05) is 18.3 Å². The van der Waals surface area contributed by atoms with Crippen LogP contribution >= 0.6 is 0 Å². The number of rotatable bonds is 4. The minimum absolute atomic E-state index is 0.277. The molecule has 2 aromatic heterocycles. The van der Waals surface area contributed by atoms with Crippen LogP contribution in [0.5, 0.6) is 0 Å². The number of nitrogens with one attached hydrogen (secondary N) is 2. The number of pyridine rings is 2. The molecule has 1 saturated heterocycles. The van der Waals surface area contributed by atoms with Crippen molar-refractivity contribution in [2.75, 3.05) is 23.8 Å². The molecule has 1 aromatic carbocycles. The van der Waals surface area contributed by atoms with E-state index in [1.54, 1.807) is 6.20 Å². The first-order chi connectivity index (χ1) is 13.9. The fourth-order valence-corrected chi connectivity index (χ4v) is 3.83. The van der Waals surface area contributed by atoms with Crippen LogP contribution in [0.2, 0.25) is 0 Å². The fourth-order valence-electron chi connectivity index (χ4n) is 3.83. The van der Waals surface area contributed by atoms with E-state index >= 15 is 0 Å². The Labute approximate surface area is 164 Å². The lowest BCUT2D eigenvalue weighted by Gasteiger charge is -2.23. The Morgan fingerprint density at radius 2 is 2.07 bits per heavy atom. The van der Waals surface area contributed by atoms with Gasteiger partial charge in [-0.15, -0.1) is 0 Å². The Hall–Kier alpha value is -2.99. The molecule has 1 unspecified atom stereocenters. The Balaban J connectivity index is 1.34. The van der Waals surface area contributed by atoms with Crippen molar-refractivity contribution in [1.29, 1.82) is 0 Å². The van der Waals surface area contributed by atoms with Crippen LogP contribution < -0.4 is 10.6 Å². The van der Waals surface area contributed by atoms with E-state index in [1.165, 1.54) is 12.8 Å². The first kappa shape index (κ1) is 17.1. The maximum atomic E-state index is 5.81. The summed E-state index contributed by atoms with van der Waals surface area (Å²) in [7, 11) is 0. The van der Waals surface area contributed by atoms with Gasteiger partial charge in [0.15, 0.2) is 5.84 Å². The predicted molar refractivity (Wildman–Crippen MR) is 112 cm³/mol. The molecular formula is C22H23N5O. The zero-order valence-corrected chi connectivity index (χ0v) is 15.7. The van der Waals surface area contributed by atoms with Crippen molar-refractivity contribution in [3.8, 4) is 0 Å². The molecule has 1 fully saturated rings. The number of anilines is 2. The third-order valence-electron chi connectivity index (χ3n) is 5.32. The molecule has 2 aliphatic rings. The minimum atomic E-state index is 0.277. The Morgan fingerprint density at radius 1 is 1.07 bits per heavy atom. The van der Waals surface area contributed by atoms with Gasteiger partial charge >= 0.3 is 0 Å². The van der Waals surface area contributed by atoms with E-state index in [0.29, 0.717) is 6.54 Å². The van der Waals surface area contributed by atoms with Gasteiger partial charge in [0.2, 0.25) is 0 Å². The highest BCUT2D eigenvalue weighted by Gasteiger charge is 2.17. The molecule has 0 amide bonds. The van der Waals surface area contributed by atoms with Crippen molar-refractivity contribution in [2.24, 2.45) is 4.99 Å². The number of benzene rings is 1. The molecule has 2 N–H and O–H groups in total. The number of aliphatic imine (C=N–C) groups is 1. The molecule has 4 heterocycles. The summed E-state index contributed by atoms with van der Waals surface area (Å²) in [5.74, 6) is 1.74. The van der Waals surface area contributed by atoms with Crippen LogP contribution in [-0.4, -0.2) is 35.1 Å². The summed E-state index contributed by atoms with van der Waals surface area (Å²) in [6.07, 6.45) is 7.46. The van der Waals surface area contributed by atoms with Crippen LogP contribution in [0.15, 0.2) is 53.8 Å². The van der Waals surface area contributed by atoms with E-state index < -0.39 is 0 Å². The van der Waals surface area contributed by atoms with Crippen molar-refractivity contribution >= 4 is 28.1 Å².